The van der Waals surface area contributed by atoms with Crippen molar-refractivity contribution < 1.29 is 42.9 Å². The molecule has 0 radical (unpaired) electrons. The van der Waals surface area contributed by atoms with E-state index in [1.54, 1.807) is 54.5 Å². The van der Waals surface area contributed by atoms with Crippen LogP contribution in [0, 0.1) is 18.8 Å². The average molecular weight is 509 g/mol. The molecule has 1 heterocycles. The molecule has 0 saturated heterocycles. The first kappa shape index (κ1) is 30.5. The zero-order valence-corrected chi connectivity index (χ0v) is 22.1. The summed E-state index contributed by atoms with van der Waals surface area (Å²) < 4.78 is 21.0. The van der Waals surface area contributed by atoms with Crippen molar-refractivity contribution in [3.05, 3.63) is 23.5 Å². The first-order chi connectivity index (χ1) is 16.8. The Morgan fingerprint density at radius 3 is 2.14 bits per heavy atom. The standard InChI is InChI=1S/C25H36N2O9/c1-9-18(16(7)35-23(30)13(2)3)24(31)33-12-19(25(32)34-14(4)5)27-22(29)20-21(36-17(8)28)15(6)10-11-26-20/h10-11,13-14,16,18-19H,9,12H2,1-8H3,(H,27,29). The Morgan fingerprint density at radius 2 is 1.61 bits per heavy atom. The van der Waals surface area contributed by atoms with Gasteiger partial charge in [-0.1, -0.05) is 20.8 Å². The van der Waals surface area contributed by atoms with Gasteiger partial charge in [-0.15, -0.1) is 0 Å². The highest BCUT2D eigenvalue weighted by Crippen LogP contribution is 2.22. The normalized spacial score (nSPS) is 13.4. The average Bonchev–Trinajstić information content (AvgIpc) is 2.77. The van der Waals surface area contributed by atoms with Gasteiger partial charge in [0.25, 0.3) is 5.91 Å². The second kappa shape index (κ2) is 14.2. The fourth-order valence-electron chi connectivity index (χ4n) is 3.05. The van der Waals surface area contributed by atoms with Gasteiger partial charge in [-0.05, 0) is 45.7 Å². The van der Waals surface area contributed by atoms with Gasteiger partial charge >= 0.3 is 23.9 Å². The molecule has 1 aromatic heterocycles. The van der Waals surface area contributed by atoms with E-state index < -0.39 is 60.6 Å². The number of nitrogens with zero attached hydrogens (tertiary/aromatic N) is 1. The zero-order chi connectivity index (χ0) is 27.6. The van der Waals surface area contributed by atoms with Crippen molar-refractivity contribution >= 4 is 29.8 Å². The molecule has 0 aliphatic carbocycles. The van der Waals surface area contributed by atoms with Crippen molar-refractivity contribution in [3.8, 4) is 5.75 Å². The van der Waals surface area contributed by atoms with Crippen molar-refractivity contribution in [2.45, 2.75) is 80.1 Å². The number of pyridine rings is 1. The maximum absolute atomic E-state index is 13.0. The molecule has 0 spiro atoms. The molecule has 1 aromatic rings. The zero-order valence-electron chi connectivity index (χ0n) is 22.1. The van der Waals surface area contributed by atoms with Crippen LogP contribution in [0.5, 0.6) is 5.75 Å². The van der Waals surface area contributed by atoms with Crippen LogP contribution >= 0.6 is 0 Å². The third-order valence-electron chi connectivity index (χ3n) is 4.98. The Labute approximate surface area is 211 Å². The predicted octanol–water partition coefficient (Wildman–Crippen LogP) is 2.52. The number of carbonyl (C=O) groups is 5. The summed E-state index contributed by atoms with van der Waals surface area (Å²) in [4.78, 5) is 65.7. The molecule has 0 aromatic carbocycles. The van der Waals surface area contributed by atoms with E-state index in [0.29, 0.717) is 12.0 Å². The van der Waals surface area contributed by atoms with E-state index in [1.807, 2.05) is 0 Å². The van der Waals surface area contributed by atoms with Crippen LogP contribution in [0.4, 0.5) is 0 Å². The fourth-order valence-corrected chi connectivity index (χ4v) is 3.05. The van der Waals surface area contributed by atoms with Crippen LogP contribution in [0.3, 0.4) is 0 Å². The monoisotopic (exact) mass is 508 g/mol. The molecule has 11 heteroatoms. The number of amides is 1. The van der Waals surface area contributed by atoms with Gasteiger partial charge in [0.05, 0.1) is 17.9 Å². The van der Waals surface area contributed by atoms with E-state index >= 15 is 0 Å². The smallest absolute Gasteiger partial charge is 0.332 e. The van der Waals surface area contributed by atoms with Crippen LogP contribution in [0.2, 0.25) is 0 Å². The third-order valence-corrected chi connectivity index (χ3v) is 4.98. The largest absolute Gasteiger partial charge is 0.463 e. The van der Waals surface area contributed by atoms with Crippen molar-refractivity contribution in [2.24, 2.45) is 11.8 Å². The second-order valence-electron chi connectivity index (χ2n) is 8.85. The SMILES string of the molecule is CCC(C(=O)OCC(NC(=O)c1nccc(C)c1OC(C)=O)C(=O)OC(C)C)C(C)OC(=O)C(C)C. The first-order valence-corrected chi connectivity index (χ1v) is 11.8. The molecule has 1 rings (SSSR count). The second-order valence-corrected chi connectivity index (χ2v) is 8.85. The number of hydrogen-bond acceptors (Lipinski definition) is 10. The molecule has 0 aliphatic rings. The lowest BCUT2D eigenvalue weighted by molar-refractivity contribution is -0.164. The van der Waals surface area contributed by atoms with Gasteiger partial charge in [0, 0.05) is 13.1 Å². The number of rotatable bonds is 12. The van der Waals surface area contributed by atoms with Crippen LogP contribution in [0.15, 0.2) is 12.3 Å². The number of carbonyl (C=O) groups excluding carboxylic acids is 5. The summed E-state index contributed by atoms with van der Waals surface area (Å²) in [6.45, 7) is 12.2. The molecule has 200 valence electrons. The number of aromatic nitrogens is 1. The lowest BCUT2D eigenvalue weighted by Gasteiger charge is -2.24. The Bertz CT molecular complexity index is 959. The summed E-state index contributed by atoms with van der Waals surface area (Å²) in [5.41, 5.74) is 0.258. The summed E-state index contributed by atoms with van der Waals surface area (Å²) in [6, 6.07) is 0.182. The number of ether oxygens (including phenoxy) is 4. The summed E-state index contributed by atoms with van der Waals surface area (Å²) in [5, 5.41) is 2.44. The minimum atomic E-state index is -1.37. The fraction of sp³-hybridized carbons (Fsp3) is 0.600. The minimum Gasteiger partial charge on any atom is -0.463 e. The lowest BCUT2D eigenvalue weighted by Crippen LogP contribution is -2.47. The van der Waals surface area contributed by atoms with Gasteiger partial charge in [-0.3, -0.25) is 19.2 Å². The summed E-state index contributed by atoms with van der Waals surface area (Å²) in [7, 11) is 0. The van der Waals surface area contributed by atoms with Gasteiger partial charge in [0.1, 0.15) is 12.7 Å². The Balaban J connectivity index is 3.06. The molecule has 0 fully saturated rings. The number of nitrogens with one attached hydrogen (secondary N) is 1. The molecule has 1 amide bonds. The first-order valence-electron chi connectivity index (χ1n) is 11.8. The van der Waals surface area contributed by atoms with Crippen LogP contribution < -0.4 is 10.1 Å². The number of hydrogen-bond donors (Lipinski definition) is 1. The highest BCUT2D eigenvalue weighted by atomic mass is 16.6. The van der Waals surface area contributed by atoms with E-state index in [9.17, 15) is 24.0 Å². The number of esters is 4. The lowest BCUT2D eigenvalue weighted by atomic mass is 10.0. The van der Waals surface area contributed by atoms with Gasteiger partial charge < -0.3 is 24.3 Å². The van der Waals surface area contributed by atoms with Crippen LogP contribution in [0.25, 0.3) is 0 Å². The molecular formula is C25H36N2O9. The Morgan fingerprint density at radius 1 is 0.972 bits per heavy atom. The van der Waals surface area contributed by atoms with Gasteiger partial charge in [0.2, 0.25) is 0 Å². The van der Waals surface area contributed by atoms with E-state index in [-0.39, 0.29) is 17.4 Å². The Hall–Kier alpha value is -3.50. The van der Waals surface area contributed by atoms with Crippen molar-refractivity contribution in [3.63, 3.8) is 0 Å². The molecular weight excluding hydrogens is 472 g/mol. The maximum Gasteiger partial charge on any atom is 0.332 e. The third kappa shape index (κ3) is 9.27. The molecule has 0 aliphatic heterocycles. The van der Waals surface area contributed by atoms with E-state index in [2.05, 4.69) is 10.3 Å². The number of aryl methyl sites for hydroxylation is 1. The quantitative estimate of drug-likeness (QED) is 0.330. The van der Waals surface area contributed by atoms with Crippen molar-refractivity contribution in [1.29, 1.82) is 0 Å². The highest BCUT2D eigenvalue weighted by molar-refractivity contribution is 5.98. The van der Waals surface area contributed by atoms with Gasteiger partial charge in [-0.25, -0.2) is 9.78 Å². The molecule has 3 unspecified atom stereocenters. The minimum absolute atomic E-state index is 0.0534. The summed E-state index contributed by atoms with van der Waals surface area (Å²) >= 11 is 0. The maximum atomic E-state index is 13.0. The topological polar surface area (TPSA) is 147 Å². The van der Waals surface area contributed by atoms with Crippen LogP contribution in [-0.2, 0) is 33.4 Å². The molecule has 0 bridgehead atoms. The summed E-state index contributed by atoms with van der Waals surface area (Å²) in [5.74, 6) is -4.66. The molecule has 1 N–H and O–H groups in total. The van der Waals surface area contributed by atoms with Crippen molar-refractivity contribution in [1.82, 2.24) is 10.3 Å². The van der Waals surface area contributed by atoms with Crippen molar-refractivity contribution in [2.75, 3.05) is 6.61 Å². The highest BCUT2D eigenvalue weighted by Gasteiger charge is 2.32. The molecule has 0 saturated carbocycles. The molecule has 3 atom stereocenters. The van der Waals surface area contributed by atoms with Crippen LogP contribution in [0.1, 0.15) is 70.9 Å². The van der Waals surface area contributed by atoms with Gasteiger partial charge in [-0.2, -0.15) is 0 Å². The van der Waals surface area contributed by atoms with Crippen LogP contribution in [-0.4, -0.2) is 59.6 Å². The van der Waals surface area contributed by atoms with E-state index in [4.69, 9.17) is 18.9 Å². The summed E-state index contributed by atoms with van der Waals surface area (Å²) in [6.07, 6.45) is 0.415. The Kier molecular flexibility index (Phi) is 12.0. The van der Waals surface area contributed by atoms with E-state index in [1.165, 1.54) is 13.1 Å². The molecule has 11 nitrogen and oxygen atoms in total. The molecule has 36 heavy (non-hydrogen) atoms. The van der Waals surface area contributed by atoms with Gasteiger partial charge in [0.15, 0.2) is 17.5 Å². The predicted molar refractivity (Wildman–Crippen MR) is 128 cm³/mol. The van der Waals surface area contributed by atoms with E-state index in [0.717, 1.165) is 0 Å².